The normalized spacial score (nSPS) is 10.2. The van der Waals surface area contributed by atoms with E-state index in [1.54, 1.807) is 0 Å². The standard InChI is InChI=1S/C10H9N3/c1-7-5-8(6-11)12-10-9(7)3-4-13(10)2/h3-5H,1-2H3. The van der Waals surface area contributed by atoms with Crippen molar-refractivity contribution in [2.24, 2.45) is 7.05 Å². The minimum atomic E-state index is 0.479. The molecule has 2 aromatic rings. The molecule has 0 aliphatic rings. The zero-order valence-corrected chi connectivity index (χ0v) is 7.57. The summed E-state index contributed by atoms with van der Waals surface area (Å²) in [5.41, 5.74) is 2.45. The van der Waals surface area contributed by atoms with E-state index in [1.807, 2.05) is 36.9 Å². The molecule has 3 nitrogen and oxygen atoms in total. The van der Waals surface area contributed by atoms with Crippen molar-refractivity contribution in [3.05, 3.63) is 29.6 Å². The number of aromatic nitrogens is 2. The first-order valence-electron chi connectivity index (χ1n) is 4.05. The van der Waals surface area contributed by atoms with Crippen LogP contribution in [0, 0.1) is 18.3 Å². The van der Waals surface area contributed by atoms with Crippen molar-refractivity contribution in [2.45, 2.75) is 6.92 Å². The lowest BCUT2D eigenvalue weighted by Gasteiger charge is -1.98. The summed E-state index contributed by atoms with van der Waals surface area (Å²) in [6.45, 7) is 1.99. The van der Waals surface area contributed by atoms with E-state index in [4.69, 9.17) is 5.26 Å². The zero-order valence-electron chi connectivity index (χ0n) is 7.57. The summed E-state index contributed by atoms with van der Waals surface area (Å²) >= 11 is 0. The van der Waals surface area contributed by atoms with Crippen LogP contribution in [0.15, 0.2) is 18.3 Å². The van der Waals surface area contributed by atoms with Gasteiger partial charge in [0.2, 0.25) is 0 Å². The van der Waals surface area contributed by atoms with Gasteiger partial charge in [0.1, 0.15) is 17.4 Å². The average Bonchev–Trinajstić information content (AvgIpc) is 2.48. The summed E-state index contributed by atoms with van der Waals surface area (Å²) < 4.78 is 1.92. The van der Waals surface area contributed by atoms with Crippen LogP contribution in [0.1, 0.15) is 11.3 Å². The summed E-state index contributed by atoms with van der Waals surface area (Å²) in [6, 6.07) is 5.87. The highest BCUT2D eigenvalue weighted by atomic mass is 15.0. The summed E-state index contributed by atoms with van der Waals surface area (Å²) in [7, 11) is 1.93. The van der Waals surface area contributed by atoms with Crippen molar-refractivity contribution in [1.29, 1.82) is 5.26 Å². The quantitative estimate of drug-likeness (QED) is 0.606. The van der Waals surface area contributed by atoms with Gasteiger partial charge in [-0.25, -0.2) is 4.98 Å². The van der Waals surface area contributed by atoms with Crippen LogP contribution in [0.3, 0.4) is 0 Å². The van der Waals surface area contributed by atoms with Crippen molar-refractivity contribution in [1.82, 2.24) is 9.55 Å². The lowest BCUT2D eigenvalue weighted by atomic mass is 10.2. The van der Waals surface area contributed by atoms with Crippen LogP contribution in [0.25, 0.3) is 11.0 Å². The van der Waals surface area contributed by atoms with E-state index in [1.165, 1.54) is 0 Å². The monoisotopic (exact) mass is 171 g/mol. The summed E-state index contributed by atoms with van der Waals surface area (Å²) in [4.78, 5) is 4.22. The Morgan fingerprint density at radius 2 is 2.31 bits per heavy atom. The molecule has 0 fully saturated rings. The highest BCUT2D eigenvalue weighted by Crippen LogP contribution is 2.17. The molecule has 0 saturated heterocycles. The first-order valence-corrected chi connectivity index (χ1v) is 4.05. The summed E-state index contributed by atoms with van der Waals surface area (Å²) in [6.07, 6.45) is 1.95. The van der Waals surface area contributed by atoms with E-state index in [0.29, 0.717) is 5.69 Å². The first kappa shape index (κ1) is 7.81. The fraction of sp³-hybridized carbons (Fsp3) is 0.200. The Bertz CT molecular complexity index is 503. The van der Waals surface area contributed by atoms with Crippen LogP contribution in [-0.2, 0) is 7.05 Å². The fourth-order valence-corrected chi connectivity index (χ4v) is 1.45. The molecule has 0 N–H and O–H groups in total. The first-order chi connectivity index (χ1) is 6.22. The van der Waals surface area contributed by atoms with Gasteiger partial charge in [-0.15, -0.1) is 0 Å². The zero-order chi connectivity index (χ0) is 9.42. The maximum absolute atomic E-state index is 8.73. The van der Waals surface area contributed by atoms with Gasteiger partial charge in [0, 0.05) is 18.6 Å². The SMILES string of the molecule is Cc1cc(C#N)nc2c1ccn2C. The third kappa shape index (κ3) is 1.07. The largest absolute Gasteiger partial charge is 0.336 e. The highest BCUT2D eigenvalue weighted by Gasteiger charge is 2.04. The number of hydrogen-bond donors (Lipinski definition) is 0. The van der Waals surface area contributed by atoms with E-state index in [9.17, 15) is 0 Å². The molecular weight excluding hydrogens is 162 g/mol. The Morgan fingerprint density at radius 1 is 1.54 bits per heavy atom. The Morgan fingerprint density at radius 3 is 3.00 bits per heavy atom. The van der Waals surface area contributed by atoms with E-state index in [2.05, 4.69) is 11.1 Å². The van der Waals surface area contributed by atoms with Crippen LogP contribution < -0.4 is 0 Å². The Labute approximate surface area is 76.2 Å². The van der Waals surface area contributed by atoms with Gasteiger partial charge < -0.3 is 4.57 Å². The van der Waals surface area contributed by atoms with Crippen LogP contribution in [0.4, 0.5) is 0 Å². The third-order valence-corrected chi connectivity index (χ3v) is 2.16. The van der Waals surface area contributed by atoms with Crippen molar-refractivity contribution in [3.8, 4) is 6.07 Å². The van der Waals surface area contributed by atoms with Gasteiger partial charge in [0.15, 0.2) is 0 Å². The Kier molecular flexibility index (Phi) is 1.56. The lowest BCUT2D eigenvalue weighted by molar-refractivity contribution is 0.946. The van der Waals surface area contributed by atoms with Crippen LogP contribution >= 0.6 is 0 Å². The van der Waals surface area contributed by atoms with Crippen LogP contribution in [0.5, 0.6) is 0 Å². The molecule has 0 aliphatic carbocycles. The fourth-order valence-electron chi connectivity index (χ4n) is 1.45. The molecule has 2 aromatic heterocycles. The van der Waals surface area contributed by atoms with Gasteiger partial charge in [0.25, 0.3) is 0 Å². The number of hydrogen-bond acceptors (Lipinski definition) is 2. The molecule has 2 rings (SSSR count). The number of pyridine rings is 1. The molecule has 0 unspecified atom stereocenters. The molecule has 0 spiro atoms. The average molecular weight is 171 g/mol. The molecule has 0 bridgehead atoms. The predicted octanol–water partition coefficient (Wildman–Crippen LogP) is 1.75. The summed E-state index contributed by atoms with van der Waals surface area (Å²) in [5, 5.41) is 9.84. The van der Waals surface area contributed by atoms with E-state index < -0.39 is 0 Å². The Balaban J connectivity index is 2.90. The van der Waals surface area contributed by atoms with Crippen molar-refractivity contribution >= 4 is 11.0 Å². The highest BCUT2D eigenvalue weighted by molar-refractivity contribution is 5.80. The lowest BCUT2D eigenvalue weighted by Crippen LogP contribution is -1.91. The smallest absolute Gasteiger partial charge is 0.143 e. The maximum atomic E-state index is 8.73. The van der Waals surface area contributed by atoms with Gasteiger partial charge in [0.05, 0.1) is 0 Å². The topological polar surface area (TPSA) is 41.6 Å². The van der Waals surface area contributed by atoms with E-state index in [-0.39, 0.29) is 0 Å². The molecule has 0 radical (unpaired) electrons. The second-order valence-corrected chi connectivity index (χ2v) is 3.10. The molecular formula is C10H9N3. The second-order valence-electron chi connectivity index (χ2n) is 3.10. The molecule has 0 amide bonds. The van der Waals surface area contributed by atoms with E-state index in [0.717, 1.165) is 16.6 Å². The maximum Gasteiger partial charge on any atom is 0.143 e. The van der Waals surface area contributed by atoms with Crippen molar-refractivity contribution < 1.29 is 0 Å². The van der Waals surface area contributed by atoms with Crippen molar-refractivity contribution in [3.63, 3.8) is 0 Å². The van der Waals surface area contributed by atoms with Crippen LogP contribution in [-0.4, -0.2) is 9.55 Å². The molecule has 0 aliphatic heterocycles. The molecule has 2 heterocycles. The van der Waals surface area contributed by atoms with Crippen LogP contribution in [0.2, 0.25) is 0 Å². The molecule has 3 heteroatoms. The number of nitrogens with zero attached hydrogens (tertiary/aromatic N) is 3. The molecule has 0 atom stereocenters. The minimum absolute atomic E-state index is 0.479. The van der Waals surface area contributed by atoms with Gasteiger partial charge in [-0.05, 0) is 24.6 Å². The molecule has 0 aromatic carbocycles. The molecule has 13 heavy (non-hydrogen) atoms. The Hall–Kier alpha value is -1.82. The van der Waals surface area contributed by atoms with Gasteiger partial charge >= 0.3 is 0 Å². The number of rotatable bonds is 0. The van der Waals surface area contributed by atoms with Gasteiger partial charge in [-0.1, -0.05) is 0 Å². The minimum Gasteiger partial charge on any atom is -0.336 e. The number of aryl methyl sites for hydroxylation is 2. The molecule has 64 valence electrons. The van der Waals surface area contributed by atoms with Crippen molar-refractivity contribution in [2.75, 3.05) is 0 Å². The second kappa shape index (κ2) is 2.60. The predicted molar refractivity (Wildman–Crippen MR) is 50.2 cm³/mol. The van der Waals surface area contributed by atoms with Gasteiger partial charge in [-0.3, -0.25) is 0 Å². The van der Waals surface area contributed by atoms with Gasteiger partial charge in [-0.2, -0.15) is 5.26 Å². The number of nitriles is 1. The third-order valence-electron chi connectivity index (χ3n) is 2.16. The summed E-state index contributed by atoms with van der Waals surface area (Å²) in [5.74, 6) is 0. The van der Waals surface area contributed by atoms with E-state index >= 15 is 0 Å². The molecule has 0 saturated carbocycles. The number of fused-ring (bicyclic) bond motifs is 1.